The molecule has 3 aromatic rings. The number of aryl methyl sites for hydroxylation is 2. The van der Waals surface area contributed by atoms with Gasteiger partial charge in [-0.1, -0.05) is 49.7 Å². The lowest BCUT2D eigenvalue weighted by Gasteiger charge is -2.12. The van der Waals surface area contributed by atoms with Crippen LogP contribution in [0.1, 0.15) is 36.5 Å². The van der Waals surface area contributed by atoms with Crippen LogP contribution in [0.15, 0.2) is 59.5 Å². The van der Waals surface area contributed by atoms with Crippen LogP contribution >= 0.6 is 0 Å². The quantitative estimate of drug-likeness (QED) is 0.593. The van der Waals surface area contributed by atoms with Crippen LogP contribution in [0, 0.1) is 13.8 Å². The van der Waals surface area contributed by atoms with Gasteiger partial charge in [-0.2, -0.15) is 8.42 Å². The Kier molecular flexibility index (Phi) is 4.56. The number of benzene rings is 3. The Morgan fingerprint density at radius 2 is 1.52 bits per heavy atom. The summed E-state index contributed by atoms with van der Waals surface area (Å²) >= 11 is 0. The second-order valence-electron chi connectivity index (χ2n) is 6.72. The third kappa shape index (κ3) is 3.69. The zero-order chi connectivity index (χ0) is 18.2. The lowest BCUT2D eigenvalue weighted by molar-refractivity contribution is 0.486. The van der Waals surface area contributed by atoms with Crippen LogP contribution in [0.5, 0.6) is 5.75 Å². The summed E-state index contributed by atoms with van der Waals surface area (Å²) in [5.41, 5.74) is 3.35. The van der Waals surface area contributed by atoms with Crippen molar-refractivity contribution in [2.75, 3.05) is 0 Å². The highest BCUT2D eigenvalue weighted by Gasteiger charge is 2.18. The maximum atomic E-state index is 12.6. The second kappa shape index (κ2) is 6.52. The summed E-state index contributed by atoms with van der Waals surface area (Å²) in [6, 6.07) is 16.4. The van der Waals surface area contributed by atoms with Crippen LogP contribution in [0.4, 0.5) is 0 Å². The molecule has 0 saturated carbocycles. The van der Waals surface area contributed by atoms with E-state index in [1.807, 2.05) is 44.2 Å². The molecule has 25 heavy (non-hydrogen) atoms. The molecule has 0 atom stereocenters. The Bertz CT molecular complexity index is 1030. The minimum absolute atomic E-state index is 0.162. The van der Waals surface area contributed by atoms with Crippen molar-refractivity contribution >= 4 is 20.9 Å². The van der Waals surface area contributed by atoms with Crippen molar-refractivity contribution in [3.63, 3.8) is 0 Å². The molecule has 0 aliphatic heterocycles. The first-order valence-corrected chi connectivity index (χ1v) is 9.72. The fourth-order valence-electron chi connectivity index (χ4n) is 3.02. The molecule has 0 spiro atoms. The highest BCUT2D eigenvalue weighted by atomic mass is 32.2. The molecule has 0 aliphatic carbocycles. The van der Waals surface area contributed by atoms with Gasteiger partial charge in [-0.25, -0.2) is 0 Å². The van der Waals surface area contributed by atoms with Gasteiger partial charge in [0.05, 0.1) is 0 Å². The molecule has 0 unspecified atom stereocenters. The van der Waals surface area contributed by atoms with Gasteiger partial charge in [0.25, 0.3) is 0 Å². The predicted octanol–water partition coefficient (Wildman–Crippen LogP) is 5.35. The monoisotopic (exact) mass is 354 g/mol. The van der Waals surface area contributed by atoms with Gasteiger partial charge in [-0.15, -0.1) is 0 Å². The van der Waals surface area contributed by atoms with Gasteiger partial charge in [0, 0.05) is 0 Å². The smallest absolute Gasteiger partial charge is 0.339 e. The van der Waals surface area contributed by atoms with Crippen LogP contribution in [0.3, 0.4) is 0 Å². The highest BCUT2D eigenvalue weighted by molar-refractivity contribution is 7.87. The Labute approximate surface area is 149 Å². The van der Waals surface area contributed by atoms with E-state index in [9.17, 15) is 8.42 Å². The molecular formula is C21H22O3S. The summed E-state index contributed by atoms with van der Waals surface area (Å²) < 4.78 is 30.6. The number of hydrogen-bond acceptors (Lipinski definition) is 3. The van der Waals surface area contributed by atoms with E-state index >= 15 is 0 Å². The highest BCUT2D eigenvalue weighted by Crippen LogP contribution is 2.27. The molecule has 0 saturated heterocycles. The van der Waals surface area contributed by atoms with E-state index in [2.05, 4.69) is 13.8 Å². The number of hydrogen-bond donors (Lipinski definition) is 0. The Hall–Kier alpha value is -2.33. The largest absolute Gasteiger partial charge is 0.379 e. The number of rotatable bonds is 4. The van der Waals surface area contributed by atoms with Crippen molar-refractivity contribution < 1.29 is 12.6 Å². The summed E-state index contributed by atoms with van der Waals surface area (Å²) in [4.78, 5) is 0.162. The average Bonchev–Trinajstić information content (AvgIpc) is 2.53. The molecule has 0 fully saturated rings. The summed E-state index contributed by atoms with van der Waals surface area (Å²) in [6.07, 6.45) is 0. The maximum Gasteiger partial charge on any atom is 0.339 e. The number of fused-ring (bicyclic) bond motifs is 1. The van der Waals surface area contributed by atoms with Gasteiger partial charge in [-0.3, -0.25) is 0 Å². The van der Waals surface area contributed by atoms with Gasteiger partial charge in [0.15, 0.2) is 0 Å². The van der Waals surface area contributed by atoms with Crippen LogP contribution in [0.25, 0.3) is 10.8 Å². The Morgan fingerprint density at radius 3 is 2.20 bits per heavy atom. The Morgan fingerprint density at radius 1 is 0.840 bits per heavy atom. The van der Waals surface area contributed by atoms with Gasteiger partial charge in [0.2, 0.25) is 0 Å². The van der Waals surface area contributed by atoms with Crippen molar-refractivity contribution in [3.8, 4) is 5.75 Å². The minimum Gasteiger partial charge on any atom is -0.379 e. The summed E-state index contributed by atoms with van der Waals surface area (Å²) in [5, 5.41) is 1.89. The fourth-order valence-corrected chi connectivity index (χ4v) is 3.98. The van der Waals surface area contributed by atoms with Gasteiger partial charge in [0.1, 0.15) is 10.6 Å². The molecule has 0 radical (unpaired) electrons. The van der Waals surface area contributed by atoms with Crippen molar-refractivity contribution in [2.45, 2.75) is 38.5 Å². The van der Waals surface area contributed by atoms with Crippen molar-refractivity contribution in [1.29, 1.82) is 0 Å². The standard InChI is InChI=1S/C21H22O3S/c1-14(2)21-10-8-19(12-16(21)4)24-25(22,23)20-9-7-17-11-15(3)5-6-18(17)13-20/h5-14H,1-4H3. The van der Waals surface area contributed by atoms with Crippen molar-refractivity contribution in [2.24, 2.45) is 0 Å². The molecule has 3 rings (SSSR count). The summed E-state index contributed by atoms with van der Waals surface area (Å²) in [7, 11) is -3.86. The summed E-state index contributed by atoms with van der Waals surface area (Å²) in [5.74, 6) is 0.723. The van der Waals surface area contributed by atoms with E-state index in [4.69, 9.17) is 4.18 Å². The molecule has 0 aromatic heterocycles. The van der Waals surface area contributed by atoms with E-state index in [-0.39, 0.29) is 4.90 Å². The van der Waals surface area contributed by atoms with Crippen LogP contribution in [-0.2, 0) is 10.1 Å². The molecule has 0 N–H and O–H groups in total. The average molecular weight is 354 g/mol. The van der Waals surface area contributed by atoms with Crippen molar-refractivity contribution in [3.05, 3.63) is 71.3 Å². The zero-order valence-corrected chi connectivity index (χ0v) is 15.7. The molecule has 4 heteroatoms. The van der Waals surface area contributed by atoms with Crippen LogP contribution in [-0.4, -0.2) is 8.42 Å². The van der Waals surface area contributed by atoms with Crippen molar-refractivity contribution in [1.82, 2.24) is 0 Å². The Balaban J connectivity index is 1.94. The molecule has 0 heterocycles. The van der Waals surface area contributed by atoms with Gasteiger partial charge >= 0.3 is 10.1 Å². The molecular weight excluding hydrogens is 332 g/mol. The van der Waals surface area contributed by atoms with Gasteiger partial charge in [-0.05, 0) is 65.9 Å². The molecule has 130 valence electrons. The normalized spacial score (nSPS) is 11.9. The first-order valence-electron chi connectivity index (χ1n) is 8.32. The van der Waals surface area contributed by atoms with Gasteiger partial charge < -0.3 is 4.18 Å². The molecule has 0 aliphatic rings. The summed E-state index contributed by atoms with van der Waals surface area (Å²) in [6.45, 7) is 8.19. The predicted molar refractivity (Wildman–Crippen MR) is 102 cm³/mol. The fraction of sp³-hybridized carbons (Fsp3) is 0.238. The first kappa shape index (κ1) is 17.5. The van der Waals surface area contributed by atoms with E-state index < -0.39 is 10.1 Å². The van der Waals surface area contributed by atoms with E-state index in [1.165, 1.54) is 5.56 Å². The molecule has 3 nitrogen and oxygen atoms in total. The van der Waals surface area contributed by atoms with Crippen LogP contribution in [0.2, 0.25) is 0 Å². The lowest BCUT2D eigenvalue weighted by atomic mass is 9.98. The van der Waals surface area contributed by atoms with Crippen LogP contribution < -0.4 is 4.18 Å². The second-order valence-corrected chi connectivity index (χ2v) is 8.27. The lowest BCUT2D eigenvalue weighted by Crippen LogP contribution is -2.10. The minimum atomic E-state index is -3.86. The van der Waals surface area contributed by atoms with E-state index in [0.717, 1.165) is 21.9 Å². The molecule has 0 amide bonds. The molecule has 0 bridgehead atoms. The van der Waals surface area contributed by atoms with E-state index in [1.54, 1.807) is 24.3 Å². The third-order valence-corrected chi connectivity index (χ3v) is 5.57. The maximum absolute atomic E-state index is 12.6. The topological polar surface area (TPSA) is 43.4 Å². The SMILES string of the molecule is Cc1ccc2cc(S(=O)(=O)Oc3ccc(C(C)C)c(C)c3)ccc2c1. The molecule has 3 aromatic carbocycles. The first-order chi connectivity index (χ1) is 11.8. The van der Waals surface area contributed by atoms with E-state index in [0.29, 0.717) is 11.7 Å². The zero-order valence-electron chi connectivity index (χ0n) is 14.9. The third-order valence-electron chi connectivity index (χ3n) is 4.33.